The van der Waals surface area contributed by atoms with E-state index in [1.54, 1.807) is 0 Å². The van der Waals surface area contributed by atoms with Gasteiger partial charge in [-0.1, -0.05) is 170 Å². The lowest BCUT2D eigenvalue weighted by atomic mass is 10.2. The minimum atomic E-state index is 0. The summed E-state index contributed by atoms with van der Waals surface area (Å²) in [4.78, 5) is 29.3. The Morgan fingerprint density at radius 1 is 0.141 bits per heavy atom. The number of hydrogen-bond acceptors (Lipinski definition) is 7. The Morgan fingerprint density at radius 2 is 0.254 bits per heavy atom. The number of nitrogens with zero attached hydrogens (tertiary/aromatic N) is 7. The summed E-state index contributed by atoms with van der Waals surface area (Å²) in [6, 6.07) is 84.6. The van der Waals surface area contributed by atoms with E-state index in [4.69, 9.17) is 0 Å². The van der Waals surface area contributed by atoms with Gasteiger partial charge >= 0.3 is 0 Å². The number of aromatic nitrogens is 7. The van der Waals surface area contributed by atoms with E-state index in [0.29, 0.717) is 0 Å². The summed E-state index contributed by atoms with van der Waals surface area (Å²) >= 11 is 0. The van der Waals surface area contributed by atoms with Gasteiger partial charge in [-0.25, -0.2) is 0 Å². The van der Waals surface area contributed by atoms with Crippen molar-refractivity contribution in [2.24, 2.45) is 0 Å². The third kappa shape index (κ3) is 15.2. The first kappa shape index (κ1) is 49.3. The van der Waals surface area contributed by atoms with Gasteiger partial charge in [0, 0.05) is 81.1 Å². The maximum absolute atomic E-state index is 4.18. The predicted molar refractivity (Wildman–Crippen MR) is 296 cm³/mol. The van der Waals surface area contributed by atoms with Gasteiger partial charge < -0.3 is 5.48 Å². The molecule has 0 radical (unpaired) electrons. The third-order valence-electron chi connectivity index (χ3n) is 10.6. The van der Waals surface area contributed by atoms with Gasteiger partial charge in [0.15, 0.2) is 0 Å². The highest BCUT2D eigenvalue weighted by molar-refractivity contribution is 5.81. The van der Waals surface area contributed by atoms with E-state index in [1.807, 2.05) is 213 Å². The molecule has 8 nitrogen and oxygen atoms in total. The molecule has 7 aromatic heterocycles. The molecule has 344 valence electrons. The second-order valence-electron chi connectivity index (χ2n) is 15.4. The second kappa shape index (κ2) is 27.2. The van der Waals surface area contributed by atoms with Crippen molar-refractivity contribution in [1.29, 1.82) is 0 Å². The summed E-state index contributed by atoms with van der Waals surface area (Å²) in [6.45, 7) is 0. The van der Waals surface area contributed by atoms with Gasteiger partial charge in [0.2, 0.25) is 0 Å². The molecule has 0 atom stereocenters. The Balaban J connectivity index is 0.000000121. The SMILES string of the molecule is O.c1ccc2ncccc2c1.c1ccc2ncccc2c1.c1ccc2ncccc2c1.c1ccc2ncccc2c1.c1ccc2ncccc2c1.c1ccc2ncccc2c1.c1ccc2ncccc2c1. The predicted octanol–water partition coefficient (Wildman–Crippen LogP) is 14.8. The zero-order valence-electron chi connectivity index (χ0n) is 38.9. The molecule has 0 aliphatic heterocycles. The Labute approximate surface area is 413 Å². The fourth-order valence-corrected chi connectivity index (χ4v) is 7.11. The van der Waals surface area contributed by atoms with Crippen LogP contribution in [0.25, 0.3) is 76.3 Å². The Kier molecular flexibility index (Phi) is 18.9. The molecule has 0 aliphatic rings. The van der Waals surface area contributed by atoms with Crippen LogP contribution in [0.5, 0.6) is 0 Å². The molecule has 0 saturated carbocycles. The highest BCUT2D eigenvalue weighted by Gasteiger charge is 1.92. The van der Waals surface area contributed by atoms with Crippen LogP contribution < -0.4 is 0 Å². The van der Waals surface area contributed by atoms with Crippen molar-refractivity contribution in [1.82, 2.24) is 34.9 Å². The van der Waals surface area contributed by atoms with Crippen molar-refractivity contribution in [2.45, 2.75) is 0 Å². The van der Waals surface area contributed by atoms with Crippen LogP contribution in [-0.2, 0) is 0 Å². The quantitative estimate of drug-likeness (QED) is 0.148. The molecule has 0 fully saturated rings. The van der Waals surface area contributed by atoms with E-state index in [1.165, 1.54) is 37.7 Å². The molecular weight excluding hydrogens is 871 g/mol. The summed E-state index contributed by atoms with van der Waals surface area (Å²) in [6.07, 6.45) is 12.7. The third-order valence-corrected chi connectivity index (χ3v) is 10.6. The maximum atomic E-state index is 4.18. The largest absolute Gasteiger partial charge is 0.412 e. The lowest BCUT2D eigenvalue weighted by Gasteiger charge is -1.91. The summed E-state index contributed by atoms with van der Waals surface area (Å²) in [5.74, 6) is 0. The first-order valence-electron chi connectivity index (χ1n) is 22.9. The molecule has 71 heavy (non-hydrogen) atoms. The molecule has 14 rings (SSSR count). The second-order valence-corrected chi connectivity index (χ2v) is 15.4. The first-order chi connectivity index (χ1) is 34.8. The molecule has 7 aromatic carbocycles. The smallest absolute Gasteiger partial charge is 0.0701 e. The van der Waals surface area contributed by atoms with Crippen LogP contribution >= 0.6 is 0 Å². The summed E-state index contributed by atoms with van der Waals surface area (Å²) in [7, 11) is 0. The van der Waals surface area contributed by atoms with E-state index in [0.717, 1.165) is 38.6 Å². The van der Waals surface area contributed by atoms with Gasteiger partial charge in [0.1, 0.15) is 0 Å². The number of rotatable bonds is 0. The monoisotopic (exact) mass is 921 g/mol. The van der Waals surface area contributed by atoms with E-state index >= 15 is 0 Å². The molecule has 14 aromatic rings. The van der Waals surface area contributed by atoms with Gasteiger partial charge in [-0.2, -0.15) is 0 Å². The van der Waals surface area contributed by atoms with Crippen LogP contribution in [0.1, 0.15) is 0 Å². The normalized spacial score (nSPS) is 9.86. The fourth-order valence-electron chi connectivity index (χ4n) is 7.11. The average Bonchev–Trinajstić information content (AvgIpc) is 3.46. The number of benzene rings is 7. The van der Waals surface area contributed by atoms with Crippen molar-refractivity contribution in [3.05, 3.63) is 298 Å². The molecule has 2 N–H and O–H groups in total. The van der Waals surface area contributed by atoms with Crippen LogP contribution in [0, 0.1) is 0 Å². The lowest BCUT2D eigenvalue weighted by Crippen LogP contribution is -1.73. The van der Waals surface area contributed by atoms with Gasteiger partial charge in [0.25, 0.3) is 0 Å². The Morgan fingerprint density at radius 3 is 0.380 bits per heavy atom. The minimum Gasteiger partial charge on any atom is -0.412 e. The maximum Gasteiger partial charge on any atom is 0.0701 e. The van der Waals surface area contributed by atoms with Crippen molar-refractivity contribution in [3.63, 3.8) is 0 Å². The number of fused-ring (bicyclic) bond motifs is 7. The van der Waals surface area contributed by atoms with Crippen molar-refractivity contribution < 1.29 is 5.48 Å². The van der Waals surface area contributed by atoms with Crippen molar-refractivity contribution >= 4 is 76.3 Å². The Bertz CT molecular complexity index is 2640. The highest BCUT2D eigenvalue weighted by atomic mass is 16.0. The minimum absolute atomic E-state index is 0. The van der Waals surface area contributed by atoms with E-state index < -0.39 is 0 Å². The van der Waals surface area contributed by atoms with Crippen molar-refractivity contribution in [3.8, 4) is 0 Å². The molecule has 0 amide bonds. The fraction of sp³-hybridized carbons (Fsp3) is 0. The summed E-state index contributed by atoms with van der Waals surface area (Å²) in [5, 5.41) is 8.39. The summed E-state index contributed by atoms with van der Waals surface area (Å²) in [5.41, 5.74) is 7.42. The number of para-hydroxylation sites is 7. The van der Waals surface area contributed by atoms with E-state index in [9.17, 15) is 0 Å². The van der Waals surface area contributed by atoms with Crippen molar-refractivity contribution in [2.75, 3.05) is 0 Å². The Hall–Kier alpha value is -9.63. The molecule has 0 saturated heterocycles. The van der Waals surface area contributed by atoms with Crippen LogP contribution in [0.2, 0.25) is 0 Å². The van der Waals surface area contributed by atoms with Crippen LogP contribution in [0.3, 0.4) is 0 Å². The topological polar surface area (TPSA) is 122 Å². The average molecular weight is 922 g/mol. The zero-order valence-corrected chi connectivity index (χ0v) is 38.9. The molecular formula is C63H51N7O. The number of pyridine rings is 7. The molecule has 0 spiro atoms. The van der Waals surface area contributed by atoms with E-state index in [-0.39, 0.29) is 5.48 Å². The van der Waals surface area contributed by atoms with Gasteiger partial charge in [0.05, 0.1) is 38.6 Å². The molecule has 0 aliphatic carbocycles. The van der Waals surface area contributed by atoms with Gasteiger partial charge in [-0.3, -0.25) is 34.9 Å². The summed E-state index contributed by atoms with van der Waals surface area (Å²) < 4.78 is 0. The molecule has 0 bridgehead atoms. The first-order valence-corrected chi connectivity index (χ1v) is 22.9. The molecule has 7 heterocycles. The van der Waals surface area contributed by atoms with Crippen LogP contribution in [-0.4, -0.2) is 40.4 Å². The molecule has 8 heteroatoms. The van der Waals surface area contributed by atoms with Crippen LogP contribution in [0.4, 0.5) is 0 Å². The van der Waals surface area contributed by atoms with Gasteiger partial charge in [-0.05, 0) is 84.9 Å². The highest BCUT2D eigenvalue weighted by Crippen LogP contribution is 2.13. The van der Waals surface area contributed by atoms with Crippen LogP contribution in [0.15, 0.2) is 298 Å². The zero-order chi connectivity index (χ0) is 47.7. The van der Waals surface area contributed by atoms with E-state index in [2.05, 4.69) is 120 Å². The van der Waals surface area contributed by atoms with Gasteiger partial charge in [-0.15, -0.1) is 0 Å². The standard InChI is InChI=1S/7C9H7N.H2O/c7*1-2-6-9-8(4-1)5-3-7-10-9;/h7*1-7H;1H2. The number of hydrogen-bond donors (Lipinski definition) is 0. The lowest BCUT2D eigenvalue weighted by molar-refractivity contribution is 0.824. The molecule has 0 unspecified atom stereocenters.